The van der Waals surface area contributed by atoms with Crippen molar-refractivity contribution in [2.45, 2.75) is 24.3 Å². The van der Waals surface area contributed by atoms with Gasteiger partial charge in [-0.15, -0.1) is 0 Å². The molecule has 2 aromatic rings. The predicted molar refractivity (Wildman–Crippen MR) is 81.4 cm³/mol. The molecule has 1 N–H and O–H groups in total. The molecule has 1 aromatic heterocycles. The summed E-state index contributed by atoms with van der Waals surface area (Å²) in [7, 11) is 0.274. The molecule has 0 spiro atoms. The van der Waals surface area contributed by atoms with Crippen molar-refractivity contribution in [1.82, 2.24) is 9.78 Å². The van der Waals surface area contributed by atoms with Gasteiger partial charge < -0.3 is 5.11 Å². The number of hydrogen-bond donors (Lipinski definition) is 1. The van der Waals surface area contributed by atoms with Crippen LogP contribution in [0.15, 0.2) is 36.4 Å². The van der Waals surface area contributed by atoms with Gasteiger partial charge in [-0.25, -0.2) is 0 Å². The predicted octanol–water partition coefficient (Wildman–Crippen LogP) is 1.67. The molecule has 0 amide bonds. The van der Waals surface area contributed by atoms with Crippen molar-refractivity contribution in [3.05, 3.63) is 53.3 Å². The normalized spacial score (nSPS) is 13.8. The standard InChI is InChI=1S/C15H18N2O3S/c1-11-8-13(17(2)16-11)10-21(20)14(15(18)19)9-12-6-4-3-5-7-12/h3-8,14H,9-10H2,1-2H3,(H,18,19). The quantitative estimate of drug-likeness (QED) is 0.881. The summed E-state index contributed by atoms with van der Waals surface area (Å²) in [6, 6.07) is 11.1. The Morgan fingerprint density at radius 2 is 2.05 bits per heavy atom. The second-order valence-electron chi connectivity index (χ2n) is 4.94. The van der Waals surface area contributed by atoms with Gasteiger partial charge in [0.1, 0.15) is 5.25 Å². The maximum Gasteiger partial charge on any atom is 0.319 e. The molecule has 1 aromatic carbocycles. The minimum atomic E-state index is -1.50. The Hall–Kier alpha value is -1.95. The highest BCUT2D eigenvalue weighted by atomic mass is 32.2. The summed E-state index contributed by atoms with van der Waals surface area (Å²) < 4.78 is 14.1. The molecule has 0 aliphatic heterocycles. The van der Waals surface area contributed by atoms with E-state index in [4.69, 9.17) is 0 Å². The molecule has 112 valence electrons. The minimum absolute atomic E-state index is 0.196. The lowest BCUT2D eigenvalue weighted by Gasteiger charge is -2.12. The minimum Gasteiger partial charge on any atom is -0.480 e. The van der Waals surface area contributed by atoms with Gasteiger partial charge in [0.05, 0.1) is 17.1 Å². The van der Waals surface area contributed by atoms with E-state index in [0.717, 1.165) is 17.0 Å². The lowest BCUT2D eigenvalue weighted by molar-refractivity contribution is -0.136. The molecular weight excluding hydrogens is 288 g/mol. The average molecular weight is 306 g/mol. The summed E-state index contributed by atoms with van der Waals surface area (Å²) in [6.07, 6.45) is 0.264. The number of carboxylic acids is 1. The van der Waals surface area contributed by atoms with Crippen LogP contribution in [0.3, 0.4) is 0 Å². The fourth-order valence-electron chi connectivity index (χ4n) is 2.17. The number of aliphatic carboxylic acids is 1. The third-order valence-corrected chi connectivity index (χ3v) is 4.83. The summed E-state index contributed by atoms with van der Waals surface area (Å²) in [5.74, 6) is -0.836. The summed E-state index contributed by atoms with van der Waals surface area (Å²) in [4.78, 5) is 11.4. The zero-order valence-electron chi connectivity index (χ0n) is 12.0. The van der Waals surface area contributed by atoms with E-state index in [1.807, 2.05) is 43.3 Å². The fourth-order valence-corrected chi connectivity index (χ4v) is 3.53. The van der Waals surface area contributed by atoms with Crippen molar-refractivity contribution < 1.29 is 14.1 Å². The van der Waals surface area contributed by atoms with Crippen LogP contribution >= 0.6 is 0 Å². The largest absolute Gasteiger partial charge is 0.480 e. The Bertz CT molecular complexity index is 652. The van der Waals surface area contributed by atoms with E-state index in [-0.39, 0.29) is 12.2 Å². The summed E-state index contributed by atoms with van der Waals surface area (Å²) in [5.41, 5.74) is 2.49. The summed E-state index contributed by atoms with van der Waals surface area (Å²) >= 11 is 0. The van der Waals surface area contributed by atoms with Crippen molar-refractivity contribution in [1.29, 1.82) is 0 Å². The molecule has 0 saturated carbocycles. The summed E-state index contributed by atoms with van der Waals surface area (Å²) in [6.45, 7) is 1.85. The molecule has 5 nitrogen and oxygen atoms in total. The number of hydrogen-bond acceptors (Lipinski definition) is 3. The first-order chi connectivity index (χ1) is 9.97. The van der Waals surface area contributed by atoms with Crippen LogP contribution in [-0.4, -0.2) is 30.3 Å². The molecule has 2 atom stereocenters. The number of aromatic nitrogens is 2. The molecule has 0 saturated heterocycles. The molecule has 0 aliphatic rings. The van der Waals surface area contributed by atoms with Crippen molar-refractivity contribution in [2.75, 3.05) is 0 Å². The first-order valence-corrected chi connectivity index (χ1v) is 7.99. The zero-order chi connectivity index (χ0) is 15.4. The molecule has 0 aliphatic carbocycles. The molecule has 6 heteroatoms. The van der Waals surface area contributed by atoms with Crippen molar-refractivity contribution in [3.8, 4) is 0 Å². The van der Waals surface area contributed by atoms with Gasteiger partial charge in [0, 0.05) is 17.8 Å². The lowest BCUT2D eigenvalue weighted by atomic mass is 10.1. The molecule has 2 rings (SSSR count). The van der Waals surface area contributed by atoms with E-state index in [0.29, 0.717) is 0 Å². The van der Waals surface area contributed by atoms with Crippen LogP contribution in [0.25, 0.3) is 0 Å². The Balaban J connectivity index is 2.13. The van der Waals surface area contributed by atoms with Crippen molar-refractivity contribution >= 4 is 16.8 Å². The SMILES string of the molecule is Cc1cc(CS(=O)C(Cc2ccccc2)C(=O)O)n(C)n1. The Morgan fingerprint density at radius 1 is 1.38 bits per heavy atom. The lowest BCUT2D eigenvalue weighted by Crippen LogP contribution is -2.29. The van der Waals surface area contributed by atoms with Crippen molar-refractivity contribution in [2.24, 2.45) is 7.05 Å². The monoisotopic (exact) mass is 306 g/mol. The third-order valence-electron chi connectivity index (χ3n) is 3.25. The van der Waals surface area contributed by atoms with Gasteiger partial charge in [-0.1, -0.05) is 30.3 Å². The first-order valence-electron chi connectivity index (χ1n) is 6.61. The molecule has 0 radical (unpaired) electrons. The van der Waals surface area contributed by atoms with Crippen LogP contribution in [0.5, 0.6) is 0 Å². The number of nitrogens with zero attached hydrogens (tertiary/aromatic N) is 2. The van der Waals surface area contributed by atoms with Gasteiger partial charge in [-0.2, -0.15) is 5.10 Å². The van der Waals surface area contributed by atoms with Gasteiger partial charge in [0.2, 0.25) is 0 Å². The van der Waals surface area contributed by atoms with Crippen LogP contribution in [0.2, 0.25) is 0 Å². The highest BCUT2D eigenvalue weighted by Gasteiger charge is 2.26. The average Bonchev–Trinajstić information content (AvgIpc) is 2.75. The fraction of sp³-hybridized carbons (Fsp3) is 0.333. The highest BCUT2D eigenvalue weighted by Crippen LogP contribution is 2.13. The number of aryl methyl sites for hydroxylation is 2. The second kappa shape index (κ2) is 6.67. The van der Waals surface area contributed by atoms with Crippen molar-refractivity contribution in [3.63, 3.8) is 0 Å². The molecule has 0 fully saturated rings. The van der Waals surface area contributed by atoms with Crippen LogP contribution in [-0.2, 0) is 34.8 Å². The Kier molecular flexibility index (Phi) is 4.90. The van der Waals surface area contributed by atoms with Gasteiger partial charge >= 0.3 is 5.97 Å². The van der Waals surface area contributed by atoms with E-state index in [1.54, 1.807) is 11.7 Å². The van der Waals surface area contributed by atoms with E-state index < -0.39 is 22.0 Å². The maximum atomic E-state index is 12.4. The second-order valence-corrected chi connectivity index (χ2v) is 6.56. The zero-order valence-corrected chi connectivity index (χ0v) is 12.8. The van der Waals surface area contributed by atoms with Crippen LogP contribution in [0.1, 0.15) is 17.0 Å². The molecule has 2 unspecified atom stereocenters. The molecular formula is C15H18N2O3S. The maximum absolute atomic E-state index is 12.4. The van der Waals surface area contributed by atoms with Gasteiger partial charge in [-0.3, -0.25) is 13.7 Å². The van der Waals surface area contributed by atoms with E-state index >= 15 is 0 Å². The number of carbonyl (C=O) groups is 1. The Morgan fingerprint density at radius 3 is 2.57 bits per heavy atom. The summed E-state index contributed by atoms with van der Waals surface area (Å²) in [5, 5.41) is 12.6. The van der Waals surface area contributed by atoms with Crippen LogP contribution < -0.4 is 0 Å². The van der Waals surface area contributed by atoms with Gasteiger partial charge in [-0.05, 0) is 25.0 Å². The van der Waals surface area contributed by atoms with Gasteiger partial charge in [0.25, 0.3) is 0 Å². The number of benzene rings is 1. The molecule has 21 heavy (non-hydrogen) atoms. The van der Waals surface area contributed by atoms with Gasteiger partial charge in [0.15, 0.2) is 0 Å². The van der Waals surface area contributed by atoms with E-state index in [2.05, 4.69) is 5.10 Å². The number of carboxylic acid groups (broad SMARTS) is 1. The highest BCUT2D eigenvalue weighted by molar-refractivity contribution is 7.85. The van der Waals surface area contributed by atoms with Crippen LogP contribution in [0.4, 0.5) is 0 Å². The molecule has 1 heterocycles. The Labute approximate surface area is 126 Å². The van der Waals surface area contributed by atoms with Crippen LogP contribution in [0, 0.1) is 6.92 Å². The third kappa shape index (κ3) is 4.01. The van der Waals surface area contributed by atoms with E-state index in [1.165, 1.54) is 0 Å². The first kappa shape index (κ1) is 15.4. The smallest absolute Gasteiger partial charge is 0.319 e. The topological polar surface area (TPSA) is 72.2 Å². The number of rotatable bonds is 6. The molecule has 0 bridgehead atoms. The van der Waals surface area contributed by atoms with E-state index in [9.17, 15) is 14.1 Å².